The molecule has 10 heavy (non-hydrogen) atoms. The molecule has 0 bridgehead atoms. The average molecular weight is 135 g/mol. The number of aromatic hydroxyl groups is 2. The highest BCUT2D eigenvalue weighted by atomic mass is 16.3. The third-order valence-electron chi connectivity index (χ3n) is 1.36. The fourth-order valence-corrected chi connectivity index (χ4v) is 0.782. The van der Waals surface area contributed by atoms with Crippen LogP contribution in [0.2, 0.25) is 6.82 Å². The predicted molar refractivity (Wildman–Crippen MR) is 41.0 cm³/mol. The molecule has 1 radical (unpaired) electrons. The summed E-state index contributed by atoms with van der Waals surface area (Å²) in [6.07, 6.45) is 0. The van der Waals surface area contributed by atoms with E-state index in [0.717, 1.165) is 0 Å². The van der Waals surface area contributed by atoms with Gasteiger partial charge in [-0.3, -0.25) is 0 Å². The third kappa shape index (κ3) is 1.08. The number of phenolic OH excluding ortho intramolecular Hbond substituents is 2. The van der Waals surface area contributed by atoms with Gasteiger partial charge in [-0.2, -0.15) is 0 Å². The molecule has 2 nitrogen and oxygen atoms in total. The topological polar surface area (TPSA) is 40.5 Å². The highest BCUT2D eigenvalue weighted by Gasteiger charge is 2.01. The Hall–Kier alpha value is -1.12. The van der Waals surface area contributed by atoms with Crippen molar-refractivity contribution in [1.29, 1.82) is 0 Å². The normalized spacial score (nSPS) is 9.30. The van der Waals surface area contributed by atoms with E-state index >= 15 is 0 Å². The van der Waals surface area contributed by atoms with E-state index < -0.39 is 0 Å². The van der Waals surface area contributed by atoms with Crippen LogP contribution in [0.15, 0.2) is 18.2 Å². The Labute approximate surface area is 60.4 Å². The minimum Gasteiger partial charge on any atom is -0.505 e. The maximum absolute atomic E-state index is 9.12. The van der Waals surface area contributed by atoms with Gasteiger partial charge in [0, 0.05) is 0 Å². The molecule has 0 aromatic heterocycles. The summed E-state index contributed by atoms with van der Waals surface area (Å²) in [5.41, 5.74) is 0.653. The van der Waals surface area contributed by atoms with Crippen molar-refractivity contribution in [2.75, 3.05) is 0 Å². The minimum atomic E-state index is -0.0735. The van der Waals surface area contributed by atoms with Crippen LogP contribution >= 0.6 is 0 Å². The lowest BCUT2D eigenvalue weighted by Gasteiger charge is -2.00. The Bertz CT molecular complexity index is 235. The van der Waals surface area contributed by atoms with Crippen LogP contribution in [-0.2, 0) is 0 Å². The Morgan fingerprint density at radius 1 is 1.30 bits per heavy atom. The molecule has 51 valence electrons. The third-order valence-corrected chi connectivity index (χ3v) is 1.36. The summed E-state index contributed by atoms with van der Waals surface area (Å²) in [6, 6.07) is 4.86. The second-order valence-corrected chi connectivity index (χ2v) is 2.00. The summed E-state index contributed by atoms with van der Waals surface area (Å²) < 4.78 is 0. The molecule has 0 aliphatic heterocycles. The Morgan fingerprint density at radius 3 is 2.50 bits per heavy atom. The Morgan fingerprint density at radius 2 is 2.00 bits per heavy atom. The molecular weight excluding hydrogens is 127 g/mol. The van der Waals surface area contributed by atoms with E-state index in [-0.39, 0.29) is 11.5 Å². The first-order chi connectivity index (χ1) is 4.75. The second kappa shape index (κ2) is 2.65. The summed E-state index contributed by atoms with van der Waals surface area (Å²) in [6.45, 7) is 1.80. The van der Waals surface area contributed by atoms with Crippen molar-refractivity contribution in [2.45, 2.75) is 6.82 Å². The molecule has 3 heteroatoms. The molecule has 0 aliphatic rings. The maximum Gasteiger partial charge on any atom is 0.156 e. The van der Waals surface area contributed by atoms with Gasteiger partial charge >= 0.3 is 0 Å². The van der Waals surface area contributed by atoms with Gasteiger partial charge in [0.2, 0.25) is 0 Å². The van der Waals surface area contributed by atoms with E-state index in [9.17, 15) is 0 Å². The van der Waals surface area contributed by atoms with Crippen molar-refractivity contribution in [3.63, 3.8) is 0 Å². The van der Waals surface area contributed by atoms with E-state index in [1.807, 2.05) is 0 Å². The van der Waals surface area contributed by atoms with Crippen LogP contribution in [0, 0.1) is 0 Å². The molecule has 0 saturated heterocycles. The zero-order valence-electron chi connectivity index (χ0n) is 5.70. The first-order valence-corrected chi connectivity index (χ1v) is 3.06. The van der Waals surface area contributed by atoms with Gasteiger partial charge in [0.1, 0.15) is 0 Å². The van der Waals surface area contributed by atoms with Gasteiger partial charge in [-0.15, -0.1) is 0 Å². The van der Waals surface area contributed by atoms with Crippen molar-refractivity contribution in [2.24, 2.45) is 0 Å². The summed E-state index contributed by atoms with van der Waals surface area (Å²) in [4.78, 5) is 0. The smallest absolute Gasteiger partial charge is 0.156 e. The average Bonchev–Trinajstić information content (AvgIpc) is 1.95. The molecule has 0 amide bonds. The molecule has 0 fully saturated rings. The van der Waals surface area contributed by atoms with Crippen LogP contribution in [0.3, 0.4) is 0 Å². The van der Waals surface area contributed by atoms with E-state index in [1.54, 1.807) is 26.2 Å². The number of hydrogen-bond donors (Lipinski definition) is 2. The lowest BCUT2D eigenvalue weighted by atomic mass is 9.73. The Balaban J connectivity index is 3.14. The first-order valence-electron chi connectivity index (χ1n) is 3.06. The summed E-state index contributed by atoms with van der Waals surface area (Å²) in [5.74, 6) is -0.124. The SMILES string of the molecule is C[B]c1cccc(O)c1O. The molecule has 0 heterocycles. The fraction of sp³-hybridized carbons (Fsp3) is 0.143. The molecule has 1 aromatic rings. The van der Waals surface area contributed by atoms with Crippen LogP contribution in [0.5, 0.6) is 11.5 Å². The van der Waals surface area contributed by atoms with Gasteiger partial charge in [-0.05, 0) is 11.5 Å². The standard InChI is InChI=1S/C7H8BO2/c1-8-5-3-2-4-6(9)7(5)10/h2-4,9-10H,1H3. The van der Waals surface area contributed by atoms with Gasteiger partial charge < -0.3 is 10.2 Å². The molecule has 1 rings (SSSR count). The predicted octanol–water partition coefficient (Wildman–Crippen LogP) is 0.475. The van der Waals surface area contributed by atoms with E-state index in [4.69, 9.17) is 10.2 Å². The van der Waals surface area contributed by atoms with Crippen LogP contribution in [-0.4, -0.2) is 17.5 Å². The van der Waals surface area contributed by atoms with Crippen molar-refractivity contribution in [1.82, 2.24) is 0 Å². The van der Waals surface area contributed by atoms with Crippen molar-refractivity contribution >= 4 is 12.7 Å². The fourth-order valence-electron chi connectivity index (χ4n) is 0.782. The molecule has 0 atom stereocenters. The maximum atomic E-state index is 9.12. The Kier molecular flexibility index (Phi) is 1.85. The largest absolute Gasteiger partial charge is 0.505 e. The summed E-state index contributed by atoms with van der Waals surface area (Å²) >= 11 is 0. The van der Waals surface area contributed by atoms with Gasteiger partial charge in [0.15, 0.2) is 18.8 Å². The molecule has 0 unspecified atom stereocenters. The molecule has 2 N–H and O–H groups in total. The summed E-state index contributed by atoms with van der Waals surface area (Å²) in [5, 5.41) is 18.1. The number of phenols is 2. The van der Waals surface area contributed by atoms with E-state index in [1.165, 1.54) is 6.07 Å². The van der Waals surface area contributed by atoms with Crippen LogP contribution in [0.25, 0.3) is 0 Å². The van der Waals surface area contributed by atoms with Crippen molar-refractivity contribution in [3.8, 4) is 11.5 Å². The number of rotatable bonds is 1. The molecule has 1 aromatic carbocycles. The van der Waals surface area contributed by atoms with Gasteiger partial charge in [-0.1, -0.05) is 19.0 Å². The van der Waals surface area contributed by atoms with Crippen molar-refractivity contribution < 1.29 is 10.2 Å². The zero-order chi connectivity index (χ0) is 7.56. The van der Waals surface area contributed by atoms with Gasteiger partial charge in [0.05, 0.1) is 0 Å². The molecular formula is C7H8BO2. The minimum absolute atomic E-state index is 0.0509. The molecule has 0 aliphatic carbocycles. The van der Waals surface area contributed by atoms with E-state index in [0.29, 0.717) is 5.46 Å². The molecule has 0 saturated carbocycles. The highest BCUT2D eigenvalue weighted by Crippen LogP contribution is 2.19. The van der Waals surface area contributed by atoms with Crippen LogP contribution < -0.4 is 5.46 Å². The number of hydrogen-bond acceptors (Lipinski definition) is 2. The van der Waals surface area contributed by atoms with Gasteiger partial charge in [-0.25, -0.2) is 0 Å². The van der Waals surface area contributed by atoms with Gasteiger partial charge in [0.25, 0.3) is 0 Å². The van der Waals surface area contributed by atoms with Crippen molar-refractivity contribution in [3.05, 3.63) is 18.2 Å². The molecule has 0 spiro atoms. The quantitative estimate of drug-likeness (QED) is 0.434. The zero-order valence-corrected chi connectivity index (χ0v) is 5.70. The lowest BCUT2D eigenvalue weighted by molar-refractivity contribution is 0.406. The second-order valence-electron chi connectivity index (χ2n) is 2.00. The highest BCUT2D eigenvalue weighted by molar-refractivity contribution is 6.53. The van der Waals surface area contributed by atoms with Crippen LogP contribution in [0.1, 0.15) is 0 Å². The number of benzene rings is 1. The van der Waals surface area contributed by atoms with Crippen LogP contribution in [0.4, 0.5) is 0 Å². The van der Waals surface area contributed by atoms with E-state index in [2.05, 4.69) is 0 Å². The monoisotopic (exact) mass is 135 g/mol. The number of para-hydroxylation sites is 1. The lowest BCUT2D eigenvalue weighted by Crippen LogP contribution is -2.09. The summed E-state index contributed by atoms with van der Waals surface area (Å²) in [7, 11) is 1.73. The first kappa shape index (κ1) is 7.00.